The molecule has 1 aromatic heterocycles. The second-order valence-corrected chi connectivity index (χ2v) is 6.30. The highest BCUT2D eigenvalue weighted by Crippen LogP contribution is 2.51. The van der Waals surface area contributed by atoms with Crippen LogP contribution >= 0.6 is 11.6 Å². The van der Waals surface area contributed by atoms with E-state index in [2.05, 4.69) is 23.0 Å². The molecule has 0 radical (unpaired) electrons. The third kappa shape index (κ3) is 2.08. The molecule has 2 aliphatic rings. The van der Waals surface area contributed by atoms with Crippen LogP contribution in [0.2, 0.25) is 5.15 Å². The van der Waals surface area contributed by atoms with E-state index in [-0.39, 0.29) is 5.60 Å². The van der Waals surface area contributed by atoms with Crippen LogP contribution in [0.5, 0.6) is 0 Å². The first-order chi connectivity index (χ1) is 9.16. The van der Waals surface area contributed by atoms with Gasteiger partial charge in [-0.25, -0.2) is 4.98 Å². The number of piperidine rings is 1. The zero-order valence-corrected chi connectivity index (χ0v) is 12.4. The second-order valence-electron chi connectivity index (χ2n) is 5.91. The number of fused-ring (bicyclic) bond motifs is 2. The summed E-state index contributed by atoms with van der Waals surface area (Å²) >= 11 is 6.09. The van der Waals surface area contributed by atoms with Crippen molar-refractivity contribution in [3.05, 3.63) is 29.0 Å². The predicted octanol–water partition coefficient (Wildman–Crippen LogP) is 2.94. The molecule has 0 spiro atoms. The third-order valence-electron chi connectivity index (χ3n) is 4.90. The molecule has 3 atom stereocenters. The SMILES string of the molecule is CO[C@]1(c2ccnc(Cl)c2)[C@@H]2CCC[C@H]1CN(C)C2. The molecule has 1 saturated carbocycles. The maximum atomic E-state index is 6.12. The average Bonchev–Trinajstić information content (AvgIpc) is 2.38. The standard InChI is InChI=1S/C15H21ClN2O/c1-18-9-12-4-3-5-13(10-18)15(12,19-2)11-6-7-17-14(16)8-11/h6-8,12-13H,3-5,9-10H2,1-2H3/t12-,13+,15-. The Kier molecular flexibility index (Phi) is 3.54. The molecule has 3 nitrogen and oxygen atoms in total. The van der Waals surface area contributed by atoms with Crippen molar-refractivity contribution in [1.82, 2.24) is 9.88 Å². The minimum absolute atomic E-state index is 0.169. The minimum atomic E-state index is -0.169. The van der Waals surface area contributed by atoms with Gasteiger partial charge in [0.2, 0.25) is 0 Å². The largest absolute Gasteiger partial charge is 0.373 e. The highest BCUT2D eigenvalue weighted by molar-refractivity contribution is 6.29. The summed E-state index contributed by atoms with van der Waals surface area (Å²) in [7, 11) is 4.06. The van der Waals surface area contributed by atoms with Crippen LogP contribution in [0.1, 0.15) is 24.8 Å². The topological polar surface area (TPSA) is 25.4 Å². The molecule has 1 aliphatic heterocycles. The Balaban J connectivity index is 2.07. The summed E-state index contributed by atoms with van der Waals surface area (Å²) in [6, 6.07) is 4.06. The number of rotatable bonds is 2. The average molecular weight is 281 g/mol. The van der Waals surface area contributed by atoms with Gasteiger partial charge in [0.1, 0.15) is 10.8 Å². The Morgan fingerprint density at radius 1 is 1.37 bits per heavy atom. The number of likely N-dealkylation sites (tertiary alicyclic amines) is 1. The molecule has 2 bridgehead atoms. The van der Waals surface area contributed by atoms with E-state index in [0.29, 0.717) is 17.0 Å². The highest BCUT2D eigenvalue weighted by Gasteiger charge is 2.52. The molecule has 0 N–H and O–H groups in total. The molecule has 0 aromatic carbocycles. The summed E-state index contributed by atoms with van der Waals surface area (Å²) < 4.78 is 6.12. The molecule has 2 heterocycles. The van der Waals surface area contributed by atoms with Gasteiger partial charge in [-0.2, -0.15) is 0 Å². The lowest BCUT2D eigenvalue weighted by Crippen LogP contribution is -2.58. The molecule has 19 heavy (non-hydrogen) atoms. The fraction of sp³-hybridized carbons (Fsp3) is 0.667. The van der Waals surface area contributed by atoms with Crippen LogP contribution in [-0.2, 0) is 10.3 Å². The molecular formula is C15H21ClN2O. The molecule has 2 fully saturated rings. The van der Waals surface area contributed by atoms with Crippen LogP contribution in [-0.4, -0.2) is 37.1 Å². The summed E-state index contributed by atoms with van der Waals surface area (Å²) in [6.07, 6.45) is 5.57. The Bertz CT molecular complexity index is 451. The van der Waals surface area contributed by atoms with Crippen molar-refractivity contribution >= 4 is 11.6 Å². The molecule has 1 aromatic rings. The Hall–Kier alpha value is -0.640. The number of halogens is 1. The van der Waals surface area contributed by atoms with E-state index in [1.165, 1.54) is 24.8 Å². The Morgan fingerprint density at radius 3 is 2.63 bits per heavy atom. The molecular weight excluding hydrogens is 260 g/mol. The van der Waals surface area contributed by atoms with Gasteiger partial charge in [-0.05, 0) is 37.6 Å². The Morgan fingerprint density at radius 2 is 2.05 bits per heavy atom. The lowest BCUT2D eigenvalue weighted by atomic mass is 9.62. The molecule has 4 heteroatoms. The van der Waals surface area contributed by atoms with Gasteiger partial charge in [-0.1, -0.05) is 18.0 Å². The smallest absolute Gasteiger partial charge is 0.129 e. The summed E-state index contributed by atoms with van der Waals surface area (Å²) in [6.45, 7) is 2.20. The number of hydrogen-bond acceptors (Lipinski definition) is 3. The van der Waals surface area contributed by atoms with Crippen molar-refractivity contribution in [3.8, 4) is 0 Å². The van der Waals surface area contributed by atoms with Gasteiger partial charge in [-0.3, -0.25) is 0 Å². The monoisotopic (exact) mass is 280 g/mol. The van der Waals surface area contributed by atoms with Gasteiger partial charge >= 0.3 is 0 Å². The van der Waals surface area contributed by atoms with E-state index in [1.807, 2.05) is 13.2 Å². The normalized spacial score (nSPS) is 35.3. The van der Waals surface area contributed by atoms with Crippen LogP contribution in [0, 0.1) is 11.8 Å². The minimum Gasteiger partial charge on any atom is -0.373 e. The van der Waals surface area contributed by atoms with Crippen LogP contribution in [0.3, 0.4) is 0 Å². The summed E-state index contributed by atoms with van der Waals surface area (Å²) in [5.41, 5.74) is 1.04. The maximum Gasteiger partial charge on any atom is 0.129 e. The molecule has 3 rings (SSSR count). The summed E-state index contributed by atoms with van der Waals surface area (Å²) in [5, 5.41) is 0.561. The van der Waals surface area contributed by atoms with Crippen molar-refractivity contribution in [2.75, 3.05) is 27.2 Å². The molecule has 104 valence electrons. The van der Waals surface area contributed by atoms with E-state index < -0.39 is 0 Å². The Labute approximate surface area is 119 Å². The number of ether oxygens (including phenoxy) is 1. The van der Waals surface area contributed by atoms with Crippen molar-refractivity contribution in [3.63, 3.8) is 0 Å². The van der Waals surface area contributed by atoms with Crippen molar-refractivity contribution < 1.29 is 4.74 Å². The van der Waals surface area contributed by atoms with E-state index in [9.17, 15) is 0 Å². The maximum absolute atomic E-state index is 6.12. The predicted molar refractivity (Wildman–Crippen MR) is 76.3 cm³/mol. The van der Waals surface area contributed by atoms with Gasteiger partial charge in [0.15, 0.2) is 0 Å². The number of pyridine rings is 1. The van der Waals surface area contributed by atoms with E-state index >= 15 is 0 Å². The van der Waals surface area contributed by atoms with Gasteiger partial charge < -0.3 is 9.64 Å². The summed E-state index contributed by atoms with van der Waals surface area (Å²) in [5.74, 6) is 1.10. The van der Waals surface area contributed by atoms with E-state index in [4.69, 9.17) is 16.3 Å². The molecule has 1 saturated heterocycles. The molecule has 0 unspecified atom stereocenters. The van der Waals surface area contributed by atoms with E-state index in [1.54, 1.807) is 6.20 Å². The zero-order valence-electron chi connectivity index (χ0n) is 11.6. The number of methoxy groups -OCH3 is 1. The van der Waals surface area contributed by atoms with Crippen LogP contribution < -0.4 is 0 Å². The first-order valence-electron chi connectivity index (χ1n) is 7.02. The number of nitrogens with zero attached hydrogens (tertiary/aromatic N) is 2. The first kappa shape index (κ1) is 13.3. The first-order valence-corrected chi connectivity index (χ1v) is 7.40. The van der Waals surface area contributed by atoms with Crippen molar-refractivity contribution in [2.24, 2.45) is 11.8 Å². The second kappa shape index (κ2) is 5.04. The molecule has 1 aliphatic carbocycles. The van der Waals surface area contributed by atoms with Crippen LogP contribution in [0.15, 0.2) is 18.3 Å². The van der Waals surface area contributed by atoms with Gasteiger partial charge in [0.05, 0.1) is 0 Å². The summed E-state index contributed by atoms with van der Waals surface area (Å²) in [4.78, 5) is 6.55. The lowest BCUT2D eigenvalue weighted by molar-refractivity contribution is -0.165. The van der Waals surface area contributed by atoms with Crippen molar-refractivity contribution in [2.45, 2.75) is 24.9 Å². The highest BCUT2D eigenvalue weighted by atomic mass is 35.5. The number of hydrogen-bond donors (Lipinski definition) is 0. The van der Waals surface area contributed by atoms with E-state index in [0.717, 1.165) is 13.1 Å². The van der Waals surface area contributed by atoms with Gasteiger partial charge in [0.25, 0.3) is 0 Å². The van der Waals surface area contributed by atoms with Crippen LogP contribution in [0.25, 0.3) is 0 Å². The molecule has 0 amide bonds. The fourth-order valence-electron chi connectivity index (χ4n) is 4.22. The van der Waals surface area contributed by atoms with Gasteiger partial charge in [-0.15, -0.1) is 0 Å². The van der Waals surface area contributed by atoms with Gasteiger partial charge in [0, 0.05) is 38.2 Å². The van der Waals surface area contributed by atoms with Crippen LogP contribution in [0.4, 0.5) is 0 Å². The fourth-order valence-corrected chi connectivity index (χ4v) is 4.40. The quantitative estimate of drug-likeness (QED) is 0.779. The zero-order chi connectivity index (χ0) is 13.5. The van der Waals surface area contributed by atoms with Crippen molar-refractivity contribution in [1.29, 1.82) is 0 Å². The lowest BCUT2D eigenvalue weighted by Gasteiger charge is -2.54. The number of aromatic nitrogens is 1. The third-order valence-corrected chi connectivity index (χ3v) is 5.10.